The van der Waals surface area contributed by atoms with Gasteiger partial charge >= 0.3 is 11.8 Å². The summed E-state index contributed by atoms with van der Waals surface area (Å²) in [5, 5.41) is 5.96. The summed E-state index contributed by atoms with van der Waals surface area (Å²) >= 11 is 5.84. The SMILES string of the molecule is Cc1cc(Cl)ccc1NC(=O)C(=O)NC1CCCC1. The number of anilines is 1. The molecule has 1 fully saturated rings. The first-order valence-corrected chi connectivity index (χ1v) is 6.82. The molecule has 102 valence electrons. The number of aryl methyl sites for hydroxylation is 1. The lowest BCUT2D eigenvalue weighted by atomic mass is 10.2. The van der Waals surface area contributed by atoms with E-state index < -0.39 is 11.8 Å². The highest BCUT2D eigenvalue weighted by Gasteiger charge is 2.21. The van der Waals surface area contributed by atoms with Crippen LogP contribution in [-0.4, -0.2) is 17.9 Å². The van der Waals surface area contributed by atoms with E-state index in [9.17, 15) is 9.59 Å². The van der Waals surface area contributed by atoms with Gasteiger partial charge in [0.1, 0.15) is 0 Å². The molecule has 1 aliphatic carbocycles. The average Bonchev–Trinajstić information content (AvgIpc) is 2.85. The molecule has 4 nitrogen and oxygen atoms in total. The van der Waals surface area contributed by atoms with Gasteiger partial charge in [0.25, 0.3) is 0 Å². The molecule has 0 aromatic heterocycles. The molecule has 1 aromatic rings. The first-order valence-electron chi connectivity index (χ1n) is 6.44. The predicted octanol–water partition coefficient (Wildman–Crippen LogP) is 2.65. The predicted molar refractivity (Wildman–Crippen MR) is 75.2 cm³/mol. The van der Waals surface area contributed by atoms with E-state index in [1.807, 2.05) is 6.92 Å². The van der Waals surface area contributed by atoms with Crippen molar-refractivity contribution in [3.63, 3.8) is 0 Å². The van der Waals surface area contributed by atoms with Crippen molar-refractivity contribution in [1.82, 2.24) is 5.32 Å². The van der Waals surface area contributed by atoms with E-state index in [1.165, 1.54) is 0 Å². The van der Waals surface area contributed by atoms with Crippen molar-refractivity contribution in [2.75, 3.05) is 5.32 Å². The van der Waals surface area contributed by atoms with Crippen molar-refractivity contribution in [3.8, 4) is 0 Å². The van der Waals surface area contributed by atoms with Crippen molar-refractivity contribution < 1.29 is 9.59 Å². The zero-order valence-electron chi connectivity index (χ0n) is 10.8. The lowest BCUT2D eigenvalue weighted by Gasteiger charge is -2.12. The van der Waals surface area contributed by atoms with E-state index in [-0.39, 0.29) is 6.04 Å². The molecule has 1 aromatic carbocycles. The van der Waals surface area contributed by atoms with E-state index >= 15 is 0 Å². The third-order valence-corrected chi connectivity index (χ3v) is 3.57. The largest absolute Gasteiger partial charge is 0.345 e. The molecule has 0 unspecified atom stereocenters. The van der Waals surface area contributed by atoms with E-state index in [0.717, 1.165) is 31.2 Å². The van der Waals surface area contributed by atoms with Gasteiger partial charge in [-0.25, -0.2) is 0 Å². The smallest absolute Gasteiger partial charge is 0.313 e. The second kappa shape index (κ2) is 6.06. The second-order valence-corrected chi connectivity index (χ2v) is 5.30. The summed E-state index contributed by atoms with van der Waals surface area (Å²) in [6.45, 7) is 1.83. The molecule has 0 bridgehead atoms. The van der Waals surface area contributed by atoms with Crippen LogP contribution < -0.4 is 10.6 Å². The molecular formula is C14H17ClN2O2. The summed E-state index contributed by atoms with van der Waals surface area (Å²) in [6.07, 6.45) is 4.14. The summed E-state index contributed by atoms with van der Waals surface area (Å²) < 4.78 is 0. The van der Waals surface area contributed by atoms with Crippen LogP contribution in [0.3, 0.4) is 0 Å². The van der Waals surface area contributed by atoms with Gasteiger partial charge < -0.3 is 10.6 Å². The van der Waals surface area contributed by atoms with Crippen molar-refractivity contribution in [2.45, 2.75) is 38.6 Å². The molecule has 2 N–H and O–H groups in total. The lowest BCUT2D eigenvalue weighted by molar-refractivity contribution is -0.136. The van der Waals surface area contributed by atoms with Gasteiger partial charge in [0.15, 0.2) is 0 Å². The van der Waals surface area contributed by atoms with Gasteiger partial charge in [0.2, 0.25) is 0 Å². The fourth-order valence-corrected chi connectivity index (χ4v) is 2.49. The van der Waals surface area contributed by atoms with Crippen LogP contribution in [0.5, 0.6) is 0 Å². The van der Waals surface area contributed by atoms with Gasteiger partial charge in [0.05, 0.1) is 0 Å². The van der Waals surface area contributed by atoms with Crippen LogP contribution in [0, 0.1) is 6.92 Å². The zero-order valence-corrected chi connectivity index (χ0v) is 11.6. The summed E-state index contributed by atoms with van der Waals surface area (Å²) in [5.41, 5.74) is 1.44. The molecule has 0 spiro atoms. The summed E-state index contributed by atoms with van der Waals surface area (Å²) in [6, 6.07) is 5.26. The van der Waals surface area contributed by atoms with Crippen molar-refractivity contribution in [1.29, 1.82) is 0 Å². The Morgan fingerprint density at radius 2 is 1.89 bits per heavy atom. The van der Waals surface area contributed by atoms with Crippen molar-refractivity contribution >= 4 is 29.1 Å². The number of rotatable bonds is 2. The standard InChI is InChI=1S/C14H17ClN2O2/c1-9-8-10(15)6-7-12(9)17-14(19)13(18)16-11-4-2-3-5-11/h6-8,11H,2-5H2,1H3,(H,16,18)(H,17,19). The average molecular weight is 281 g/mol. The lowest BCUT2D eigenvalue weighted by Crippen LogP contribution is -2.40. The normalized spacial score (nSPS) is 15.3. The highest BCUT2D eigenvalue weighted by molar-refractivity contribution is 6.39. The first-order chi connectivity index (χ1) is 9.06. The first kappa shape index (κ1) is 13.9. The van der Waals surface area contributed by atoms with Crippen LogP contribution in [0.1, 0.15) is 31.2 Å². The summed E-state index contributed by atoms with van der Waals surface area (Å²) in [5.74, 6) is -1.20. The monoisotopic (exact) mass is 280 g/mol. The minimum absolute atomic E-state index is 0.143. The van der Waals surface area contributed by atoms with Crippen LogP contribution in [0.4, 0.5) is 5.69 Å². The van der Waals surface area contributed by atoms with E-state index in [0.29, 0.717) is 10.7 Å². The number of amides is 2. The Kier molecular flexibility index (Phi) is 4.43. The van der Waals surface area contributed by atoms with Crippen molar-refractivity contribution in [2.24, 2.45) is 0 Å². The van der Waals surface area contributed by atoms with Crippen LogP contribution in [0.25, 0.3) is 0 Å². The Morgan fingerprint density at radius 1 is 1.21 bits per heavy atom. The van der Waals surface area contributed by atoms with E-state index in [2.05, 4.69) is 10.6 Å². The Hall–Kier alpha value is -1.55. The maximum absolute atomic E-state index is 11.8. The van der Waals surface area contributed by atoms with Gasteiger partial charge in [-0.15, -0.1) is 0 Å². The maximum atomic E-state index is 11.8. The Labute approximate surface area is 117 Å². The fraction of sp³-hybridized carbons (Fsp3) is 0.429. The van der Waals surface area contributed by atoms with Gasteiger partial charge in [-0.05, 0) is 43.5 Å². The molecule has 0 atom stereocenters. The minimum atomic E-state index is -0.627. The van der Waals surface area contributed by atoms with Gasteiger partial charge in [-0.1, -0.05) is 24.4 Å². The highest BCUT2D eigenvalue weighted by atomic mass is 35.5. The molecule has 0 heterocycles. The van der Waals surface area contributed by atoms with Crippen LogP contribution in [-0.2, 0) is 9.59 Å². The zero-order chi connectivity index (χ0) is 13.8. The number of hydrogen-bond acceptors (Lipinski definition) is 2. The van der Waals surface area contributed by atoms with E-state index in [4.69, 9.17) is 11.6 Å². The third-order valence-electron chi connectivity index (χ3n) is 3.33. The Balaban J connectivity index is 1.94. The van der Waals surface area contributed by atoms with Crippen molar-refractivity contribution in [3.05, 3.63) is 28.8 Å². The van der Waals surface area contributed by atoms with Crippen LogP contribution in [0.2, 0.25) is 5.02 Å². The molecule has 1 saturated carbocycles. The quantitative estimate of drug-likeness (QED) is 0.818. The van der Waals surface area contributed by atoms with Gasteiger partial charge in [-0.3, -0.25) is 9.59 Å². The summed E-state index contributed by atoms with van der Waals surface area (Å²) in [7, 11) is 0. The molecule has 5 heteroatoms. The Bertz CT molecular complexity index is 496. The van der Waals surface area contributed by atoms with Crippen LogP contribution in [0.15, 0.2) is 18.2 Å². The Morgan fingerprint density at radius 3 is 2.53 bits per heavy atom. The topological polar surface area (TPSA) is 58.2 Å². The summed E-state index contributed by atoms with van der Waals surface area (Å²) in [4.78, 5) is 23.5. The second-order valence-electron chi connectivity index (χ2n) is 4.87. The highest BCUT2D eigenvalue weighted by Crippen LogP contribution is 2.20. The number of nitrogens with one attached hydrogen (secondary N) is 2. The molecule has 0 aliphatic heterocycles. The maximum Gasteiger partial charge on any atom is 0.313 e. The molecule has 2 amide bonds. The van der Waals surface area contributed by atoms with Crippen LogP contribution >= 0.6 is 11.6 Å². The number of benzene rings is 1. The fourth-order valence-electron chi connectivity index (χ4n) is 2.27. The molecule has 0 saturated heterocycles. The van der Waals surface area contributed by atoms with Gasteiger partial charge in [0, 0.05) is 16.8 Å². The molecule has 19 heavy (non-hydrogen) atoms. The minimum Gasteiger partial charge on any atom is -0.345 e. The van der Waals surface area contributed by atoms with Gasteiger partial charge in [-0.2, -0.15) is 0 Å². The number of halogens is 1. The number of carbonyl (C=O) groups is 2. The van der Waals surface area contributed by atoms with E-state index in [1.54, 1.807) is 18.2 Å². The molecule has 1 aliphatic rings. The third kappa shape index (κ3) is 3.70. The molecule has 0 radical (unpaired) electrons. The number of hydrogen-bond donors (Lipinski definition) is 2. The molecule has 2 rings (SSSR count). The number of carbonyl (C=O) groups excluding carboxylic acids is 2. The molecular weight excluding hydrogens is 264 g/mol.